The van der Waals surface area contributed by atoms with Crippen molar-refractivity contribution in [3.8, 4) is 0 Å². The van der Waals surface area contributed by atoms with Gasteiger partial charge < -0.3 is 15.8 Å². The van der Waals surface area contributed by atoms with Gasteiger partial charge in [-0.1, -0.05) is 61.7 Å². The Hall–Kier alpha value is -1.88. The van der Waals surface area contributed by atoms with Crippen molar-refractivity contribution in [3.05, 3.63) is 65.7 Å². The van der Waals surface area contributed by atoms with E-state index in [0.29, 0.717) is 12.7 Å². The molecule has 3 rings (SSSR count). The van der Waals surface area contributed by atoms with Crippen LogP contribution in [-0.4, -0.2) is 12.0 Å². The number of nitrogens with one attached hydrogen (secondary N) is 1. The molecule has 1 fully saturated rings. The first kappa shape index (κ1) is 21.4. The Morgan fingerprint density at radius 1 is 1.11 bits per heavy atom. The van der Waals surface area contributed by atoms with Crippen LogP contribution in [-0.2, 0) is 21.7 Å². The molecule has 0 spiro atoms. The minimum absolute atomic E-state index is 0. The molecule has 0 saturated heterocycles. The molecule has 1 atom stereocenters. The van der Waals surface area contributed by atoms with Gasteiger partial charge in [0.1, 0.15) is 5.54 Å². The number of carbonyl (C=O) groups excluding carboxylic acids is 1. The monoisotopic (exact) mass is 388 g/mol. The minimum Gasteiger partial charge on any atom is -0.374 e. The summed E-state index contributed by atoms with van der Waals surface area (Å²) in [6, 6.07) is 17.2. The molecule has 1 aliphatic rings. The third-order valence-corrected chi connectivity index (χ3v) is 5.07. The molecule has 0 aromatic heterocycles. The Labute approximate surface area is 167 Å². The minimum atomic E-state index is -1.09. The molecule has 146 valence electrons. The summed E-state index contributed by atoms with van der Waals surface area (Å²) in [5.41, 5.74) is 7.79. The zero-order chi connectivity index (χ0) is 18.4. The highest BCUT2D eigenvalue weighted by Crippen LogP contribution is 2.23. The van der Waals surface area contributed by atoms with Gasteiger partial charge in [0.25, 0.3) is 0 Å². The number of benzene rings is 2. The van der Waals surface area contributed by atoms with Gasteiger partial charge in [-0.25, -0.2) is 0 Å². The molecular formula is C22H29ClN2O2. The van der Waals surface area contributed by atoms with Crippen molar-refractivity contribution < 1.29 is 9.53 Å². The first-order chi connectivity index (χ1) is 12.6. The lowest BCUT2D eigenvalue weighted by Crippen LogP contribution is -2.45. The number of ether oxygens (including phenoxy) is 1. The Balaban J connectivity index is 0.00000261. The van der Waals surface area contributed by atoms with Gasteiger partial charge in [-0.05, 0) is 43.0 Å². The lowest BCUT2D eigenvalue weighted by Gasteiger charge is -2.24. The van der Waals surface area contributed by atoms with Gasteiger partial charge in [0.05, 0.1) is 12.7 Å². The van der Waals surface area contributed by atoms with Gasteiger partial charge in [-0.3, -0.25) is 4.79 Å². The fourth-order valence-corrected chi connectivity index (χ4v) is 3.36. The molecule has 0 aliphatic heterocycles. The highest BCUT2D eigenvalue weighted by molar-refractivity contribution is 5.98. The largest absolute Gasteiger partial charge is 0.374 e. The molecule has 27 heavy (non-hydrogen) atoms. The van der Waals surface area contributed by atoms with Crippen LogP contribution >= 0.6 is 12.4 Å². The van der Waals surface area contributed by atoms with E-state index in [1.54, 1.807) is 6.92 Å². The van der Waals surface area contributed by atoms with Gasteiger partial charge in [0.15, 0.2) is 0 Å². The van der Waals surface area contributed by atoms with Crippen LogP contribution in [0.3, 0.4) is 0 Å². The molecule has 0 radical (unpaired) electrons. The third-order valence-electron chi connectivity index (χ3n) is 5.07. The molecule has 0 bridgehead atoms. The quantitative estimate of drug-likeness (QED) is 0.749. The van der Waals surface area contributed by atoms with E-state index in [0.717, 1.165) is 29.7 Å². The Morgan fingerprint density at radius 2 is 1.81 bits per heavy atom. The second-order valence-electron chi connectivity index (χ2n) is 7.29. The molecule has 1 saturated carbocycles. The molecule has 3 N–H and O–H groups in total. The van der Waals surface area contributed by atoms with Crippen molar-refractivity contribution >= 4 is 24.0 Å². The van der Waals surface area contributed by atoms with Gasteiger partial charge in [-0.2, -0.15) is 0 Å². The van der Waals surface area contributed by atoms with Crippen molar-refractivity contribution in [2.45, 2.75) is 57.3 Å². The predicted molar refractivity (Wildman–Crippen MR) is 112 cm³/mol. The van der Waals surface area contributed by atoms with Crippen molar-refractivity contribution in [2.75, 3.05) is 5.32 Å². The molecule has 5 heteroatoms. The van der Waals surface area contributed by atoms with Crippen LogP contribution in [0.25, 0.3) is 0 Å². The zero-order valence-electron chi connectivity index (χ0n) is 15.8. The summed E-state index contributed by atoms with van der Waals surface area (Å²) in [5, 5.41) is 2.94. The smallest absolute Gasteiger partial charge is 0.248 e. The van der Waals surface area contributed by atoms with Gasteiger partial charge >= 0.3 is 0 Å². The number of hydrogen-bond acceptors (Lipinski definition) is 3. The Kier molecular flexibility index (Phi) is 7.84. The van der Waals surface area contributed by atoms with E-state index in [4.69, 9.17) is 10.5 Å². The van der Waals surface area contributed by atoms with E-state index in [9.17, 15) is 4.79 Å². The van der Waals surface area contributed by atoms with Crippen LogP contribution in [0.2, 0.25) is 0 Å². The molecule has 1 aliphatic carbocycles. The molecule has 4 nitrogen and oxygen atoms in total. The van der Waals surface area contributed by atoms with Crippen LogP contribution in [0.15, 0.2) is 54.6 Å². The van der Waals surface area contributed by atoms with Crippen molar-refractivity contribution in [3.63, 3.8) is 0 Å². The topological polar surface area (TPSA) is 64.4 Å². The van der Waals surface area contributed by atoms with Crippen LogP contribution in [0.4, 0.5) is 5.69 Å². The van der Waals surface area contributed by atoms with Crippen molar-refractivity contribution in [1.82, 2.24) is 0 Å². The summed E-state index contributed by atoms with van der Waals surface area (Å²) < 4.78 is 6.03. The second kappa shape index (κ2) is 9.88. The first-order valence-electron chi connectivity index (χ1n) is 9.42. The standard InChI is InChI=1S/C22H28N2O2.ClH/c1-22(23,18-10-4-2-5-11-18)21(25)24-19-12-8-9-17(15-19)16-26-20-13-6-3-7-14-20;/h2,4-5,8-12,15,20H,3,6-7,13-14,16,23H2,1H3,(H,24,25);1H. The number of nitrogens with two attached hydrogens (primary N) is 1. The SMILES string of the molecule is CC(N)(C(=O)Nc1cccc(COC2CCCCC2)c1)c1ccccc1.Cl. The van der Waals surface area contributed by atoms with Gasteiger partial charge in [0, 0.05) is 5.69 Å². The van der Waals surface area contributed by atoms with Crippen LogP contribution < -0.4 is 11.1 Å². The maximum atomic E-state index is 12.7. The average molecular weight is 389 g/mol. The lowest BCUT2D eigenvalue weighted by molar-refractivity contribution is -0.120. The molecular weight excluding hydrogens is 360 g/mol. The normalized spacial score (nSPS) is 16.8. The second-order valence-corrected chi connectivity index (χ2v) is 7.29. The molecule has 0 heterocycles. The third kappa shape index (κ3) is 5.80. The van der Waals surface area contributed by atoms with Crippen molar-refractivity contribution in [2.24, 2.45) is 5.73 Å². The summed E-state index contributed by atoms with van der Waals surface area (Å²) in [4.78, 5) is 12.7. The number of halogens is 1. The number of amides is 1. The Bertz CT molecular complexity index is 728. The summed E-state index contributed by atoms with van der Waals surface area (Å²) in [6.45, 7) is 2.31. The highest BCUT2D eigenvalue weighted by atomic mass is 35.5. The average Bonchev–Trinajstić information content (AvgIpc) is 2.68. The fraction of sp³-hybridized carbons (Fsp3) is 0.409. The van der Waals surface area contributed by atoms with Gasteiger partial charge in [-0.15, -0.1) is 12.4 Å². The maximum Gasteiger partial charge on any atom is 0.248 e. The predicted octanol–water partition coefficient (Wildman–Crippen LogP) is 4.77. The number of rotatable bonds is 6. The highest BCUT2D eigenvalue weighted by Gasteiger charge is 2.30. The summed E-state index contributed by atoms with van der Waals surface area (Å²) in [6.07, 6.45) is 6.51. The van der Waals surface area contributed by atoms with E-state index in [1.165, 1.54) is 19.3 Å². The maximum absolute atomic E-state index is 12.7. The molecule has 1 unspecified atom stereocenters. The first-order valence-corrected chi connectivity index (χ1v) is 9.42. The molecule has 1 amide bonds. The summed E-state index contributed by atoms with van der Waals surface area (Å²) in [5.74, 6) is -0.228. The van der Waals surface area contributed by atoms with Crippen LogP contribution in [0.5, 0.6) is 0 Å². The zero-order valence-corrected chi connectivity index (χ0v) is 16.6. The lowest BCUT2D eigenvalue weighted by atomic mass is 9.92. The van der Waals surface area contributed by atoms with E-state index in [2.05, 4.69) is 5.32 Å². The van der Waals surface area contributed by atoms with Crippen LogP contribution in [0.1, 0.15) is 50.2 Å². The van der Waals surface area contributed by atoms with Crippen LogP contribution in [0, 0.1) is 0 Å². The summed E-state index contributed by atoms with van der Waals surface area (Å²) in [7, 11) is 0. The molecule has 2 aromatic carbocycles. The van der Waals surface area contributed by atoms with Gasteiger partial charge in [0.2, 0.25) is 5.91 Å². The van der Waals surface area contributed by atoms with E-state index in [1.807, 2.05) is 54.6 Å². The number of carbonyl (C=O) groups is 1. The summed E-state index contributed by atoms with van der Waals surface area (Å²) >= 11 is 0. The Morgan fingerprint density at radius 3 is 2.52 bits per heavy atom. The molecule has 2 aromatic rings. The van der Waals surface area contributed by atoms with Crippen molar-refractivity contribution in [1.29, 1.82) is 0 Å². The number of hydrogen-bond donors (Lipinski definition) is 2. The fourth-order valence-electron chi connectivity index (χ4n) is 3.36. The number of anilines is 1. The van der Waals surface area contributed by atoms with E-state index < -0.39 is 5.54 Å². The van der Waals surface area contributed by atoms with E-state index in [-0.39, 0.29) is 18.3 Å². The van der Waals surface area contributed by atoms with E-state index >= 15 is 0 Å².